The lowest BCUT2D eigenvalue weighted by molar-refractivity contribution is -0.0739. The van der Waals surface area contributed by atoms with Gasteiger partial charge in [0.15, 0.2) is 0 Å². The van der Waals surface area contributed by atoms with E-state index in [0.717, 1.165) is 12.5 Å². The van der Waals surface area contributed by atoms with Gasteiger partial charge in [-0.15, -0.1) is 0 Å². The Balaban J connectivity index is 1.71. The van der Waals surface area contributed by atoms with E-state index < -0.39 is 0 Å². The van der Waals surface area contributed by atoms with Crippen molar-refractivity contribution in [3.8, 4) is 0 Å². The zero-order valence-electron chi connectivity index (χ0n) is 11.2. The Labute approximate surface area is 115 Å². The van der Waals surface area contributed by atoms with Crippen molar-refractivity contribution in [3.63, 3.8) is 0 Å². The molecule has 2 aliphatic heterocycles. The quantitative estimate of drug-likeness (QED) is 0.741. The molecule has 18 heavy (non-hydrogen) atoms. The number of allylic oxidation sites excluding steroid dienone is 1. The van der Waals surface area contributed by atoms with Gasteiger partial charge in [0.2, 0.25) is 0 Å². The van der Waals surface area contributed by atoms with Gasteiger partial charge >= 0.3 is 0 Å². The molecular formula is C15H25NOS. The molecule has 0 aromatic heterocycles. The standard InChI is InChI=1S/C15H25NOS/c16-14-4-2-1-3-12(9-14)13-5-7-17-15(10-13)6-8-18-11-15/h9,13-14H,1-8,10-11,16H2. The first kappa shape index (κ1) is 13.0. The second-order valence-corrected chi connectivity index (χ2v) is 7.28. The van der Waals surface area contributed by atoms with Crippen LogP contribution in [0.25, 0.3) is 0 Å². The first-order valence-electron chi connectivity index (χ1n) is 7.45. The number of hydrogen-bond donors (Lipinski definition) is 1. The molecule has 1 spiro atoms. The zero-order chi connectivity index (χ0) is 12.4. The fraction of sp³-hybridized carbons (Fsp3) is 0.867. The molecule has 0 bridgehead atoms. The molecule has 0 aromatic rings. The Morgan fingerprint density at radius 3 is 3.11 bits per heavy atom. The van der Waals surface area contributed by atoms with Crippen molar-refractivity contribution >= 4 is 11.8 Å². The van der Waals surface area contributed by atoms with Crippen molar-refractivity contribution in [1.82, 2.24) is 0 Å². The lowest BCUT2D eigenvalue weighted by atomic mass is 9.79. The van der Waals surface area contributed by atoms with Crippen molar-refractivity contribution in [2.75, 3.05) is 18.1 Å². The van der Waals surface area contributed by atoms with Gasteiger partial charge in [-0.05, 0) is 50.2 Å². The lowest BCUT2D eigenvalue weighted by Gasteiger charge is -2.39. The topological polar surface area (TPSA) is 35.2 Å². The van der Waals surface area contributed by atoms with E-state index in [4.69, 9.17) is 10.5 Å². The molecule has 3 rings (SSSR count). The summed E-state index contributed by atoms with van der Waals surface area (Å²) in [5.74, 6) is 3.25. The van der Waals surface area contributed by atoms with Crippen LogP contribution in [0, 0.1) is 5.92 Å². The maximum absolute atomic E-state index is 6.16. The van der Waals surface area contributed by atoms with E-state index >= 15 is 0 Å². The molecule has 0 amide bonds. The second-order valence-electron chi connectivity index (χ2n) is 6.18. The van der Waals surface area contributed by atoms with Crippen molar-refractivity contribution < 1.29 is 4.74 Å². The average Bonchev–Trinajstić information content (AvgIpc) is 2.69. The van der Waals surface area contributed by atoms with Gasteiger partial charge in [-0.2, -0.15) is 11.8 Å². The molecule has 0 saturated carbocycles. The van der Waals surface area contributed by atoms with Crippen molar-refractivity contribution in [3.05, 3.63) is 11.6 Å². The number of rotatable bonds is 1. The van der Waals surface area contributed by atoms with Crippen LogP contribution in [0.5, 0.6) is 0 Å². The zero-order valence-corrected chi connectivity index (χ0v) is 12.0. The van der Waals surface area contributed by atoms with E-state index in [1.54, 1.807) is 5.57 Å². The fourth-order valence-corrected chi connectivity index (χ4v) is 5.08. The van der Waals surface area contributed by atoms with E-state index in [1.807, 2.05) is 0 Å². The van der Waals surface area contributed by atoms with E-state index in [0.29, 0.717) is 6.04 Å². The monoisotopic (exact) mass is 267 g/mol. The number of nitrogens with two attached hydrogens (primary N) is 1. The van der Waals surface area contributed by atoms with Gasteiger partial charge in [0.25, 0.3) is 0 Å². The Hall–Kier alpha value is 0.01000. The van der Waals surface area contributed by atoms with Crippen LogP contribution in [0.15, 0.2) is 11.6 Å². The molecule has 3 atom stereocenters. The molecular weight excluding hydrogens is 242 g/mol. The summed E-state index contributed by atoms with van der Waals surface area (Å²) in [6.07, 6.45) is 11.2. The molecule has 2 N–H and O–H groups in total. The highest BCUT2D eigenvalue weighted by Crippen LogP contribution is 2.43. The smallest absolute Gasteiger partial charge is 0.0786 e. The summed E-state index contributed by atoms with van der Waals surface area (Å²) in [6, 6.07) is 0.305. The molecule has 2 nitrogen and oxygen atoms in total. The van der Waals surface area contributed by atoms with Crippen LogP contribution in [-0.2, 0) is 4.74 Å². The lowest BCUT2D eigenvalue weighted by Crippen LogP contribution is -2.40. The predicted molar refractivity (Wildman–Crippen MR) is 77.9 cm³/mol. The molecule has 2 saturated heterocycles. The highest BCUT2D eigenvalue weighted by atomic mass is 32.2. The minimum absolute atomic E-state index is 0.213. The van der Waals surface area contributed by atoms with Gasteiger partial charge < -0.3 is 10.5 Å². The molecule has 1 aliphatic carbocycles. The predicted octanol–water partition coefficient (Wildman–Crippen LogP) is 3.12. The normalized spacial score (nSPS) is 41.7. The van der Waals surface area contributed by atoms with Gasteiger partial charge in [0.05, 0.1) is 5.60 Å². The summed E-state index contributed by atoms with van der Waals surface area (Å²) in [6.45, 7) is 0.956. The third-order valence-electron chi connectivity index (χ3n) is 4.77. The van der Waals surface area contributed by atoms with Crippen LogP contribution in [0.2, 0.25) is 0 Å². The molecule has 102 valence electrons. The molecule has 3 aliphatic rings. The largest absolute Gasteiger partial charge is 0.374 e. The second kappa shape index (κ2) is 5.56. The molecule has 3 unspecified atom stereocenters. The van der Waals surface area contributed by atoms with Gasteiger partial charge in [0, 0.05) is 18.4 Å². The molecule has 2 heterocycles. The van der Waals surface area contributed by atoms with Crippen molar-refractivity contribution in [2.24, 2.45) is 11.7 Å². The average molecular weight is 267 g/mol. The molecule has 2 fully saturated rings. The van der Waals surface area contributed by atoms with Gasteiger partial charge in [0.1, 0.15) is 0 Å². The van der Waals surface area contributed by atoms with Crippen LogP contribution in [-0.4, -0.2) is 29.8 Å². The molecule has 3 heteroatoms. The summed E-state index contributed by atoms with van der Waals surface area (Å²) in [4.78, 5) is 0. The van der Waals surface area contributed by atoms with Gasteiger partial charge in [-0.3, -0.25) is 0 Å². The Kier molecular flexibility index (Phi) is 4.02. The third kappa shape index (κ3) is 2.78. The number of thioether (sulfide) groups is 1. The van der Waals surface area contributed by atoms with E-state index in [9.17, 15) is 0 Å². The first-order chi connectivity index (χ1) is 8.77. The summed E-state index contributed by atoms with van der Waals surface area (Å²) in [5, 5.41) is 0. The third-order valence-corrected chi connectivity index (χ3v) is 5.99. The maximum Gasteiger partial charge on any atom is 0.0786 e. The SMILES string of the molecule is NC1C=C(C2CCOC3(CCSC3)C2)CCCC1. The van der Waals surface area contributed by atoms with E-state index in [-0.39, 0.29) is 5.60 Å². The Bertz CT molecular complexity index is 322. The van der Waals surface area contributed by atoms with Crippen molar-refractivity contribution in [1.29, 1.82) is 0 Å². The molecule has 0 radical (unpaired) electrons. The van der Waals surface area contributed by atoms with Crippen molar-refractivity contribution in [2.45, 2.75) is 56.6 Å². The fourth-order valence-electron chi connectivity index (χ4n) is 3.70. The first-order valence-corrected chi connectivity index (χ1v) is 8.61. The summed E-state index contributed by atoms with van der Waals surface area (Å²) in [7, 11) is 0. The van der Waals surface area contributed by atoms with Gasteiger partial charge in [-0.1, -0.05) is 18.1 Å². The highest BCUT2D eigenvalue weighted by molar-refractivity contribution is 7.99. The van der Waals surface area contributed by atoms with Gasteiger partial charge in [-0.25, -0.2) is 0 Å². The van der Waals surface area contributed by atoms with Crippen LogP contribution in [0.1, 0.15) is 44.9 Å². The van der Waals surface area contributed by atoms with E-state index in [2.05, 4.69) is 17.8 Å². The summed E-state index contributed by atoms with van der Waals surface area (Å²) in [5.41, 5.74) is 8.03. The highest BCUT2D eigenvalue weighted by Gasteiger charge is 2.41. The minimum Gasteiger partial charge on any atom is -0.374 e. The van der Waals surface area contributed by atoms with Crippen LogP contribution in [0.3, 0.4) is 0 Å². The molecule has 0 aromatic carbocycles. The summed E-state index contributed by atoms with van der Waals surface area (Å²) < 4.78 is 6.13. The Morgan fingerprint density at radius 2 is 2.28 bits per heavy atom. The minimum atomic E-state index is 0.213. The number of ether oxygens (including phenoxy) is 1. The number of hydrogen-bond acceptors (Lipinski definition) is 3. The maximum atomic E-state index is 6.16. The summed E-state index contributed by atoms with van der Waals surface area (Å²) >= 11 is 2.06. The van der Waals surface area contributed by atoms with Crippen LogP contribution in [0.4, 0.5) is 0 Å². The van der Waals surface area contributed by atoms with E-state index in [1.165, 1.54) is 56.5 Å². The Morgan fingerprint density at radius 1 is 1.33 bits per heavy atom. The van der Waals surface area contributed by atoms with Crippen LogP contribution >= 0.6 is 11.8 Å². The van der Waals surface area contributed by atoms with Crippen LogP contribution < -0.4 is 5.73 Å².